The average Bonchev–Trinajstić information content (AvgIpc) is 2.98. The summed E-state index contributed by atoms with van der Waals surface area (Å²) in [6.45, 7) is 5.62. The molecule has 5 nitrogen and oxygen atoms in total. The van der Waals surface area contributed by atoms with Gasteiger partial charge in [-0.25, -0.2) is 8.42 Å². The third kappa shape index (κ3) is 3.26. The van der Waals surface area contributed by atoms with Crippen LogP contribution in [0.3, 0.4) is 0 Å². The minimum atomic E-state index is -2.98. The first-order valence-corrected chi connectivity index (χ1v) is 9.97. The van der Waals surface area contributed by atoms with Crippen LogP contribution in [0.1, 0.15) is 26.9 Å². The van der Waals surface area contributed by atoms with Gasteiger partial charge in [0.05, 0.1) is 23.7 Å². The van der Waals surface area contributed by atoms with Gasteiger partial charge in [0.1, 0.15) is 0 Å². The van der Waals surface area contributed by atoms with Crippen LogP contribution >= 0.6 is 11.3 Å². The Balaban J connectivity index is 1.89. The fourth-order valence-electron chi connectivity index (χ4n) is 3.01. The quantitative estimate of drug-likeness (QED) is 0.859. The molecule has 0 aromatic carbocycles. The lowest BCUT2D eigenvalue weighted by molar-refractivity contribution is 0.206. The predicted molar refractivity (Wildman–Crippen MR) is 88.8 cm³/mol. The van der Waals surface area contributed by atoms with Crippen LogP contribution in [0, 0.1) is 13.8 Å². The maximum Gasteiger partial charge on any atom is 0.153 e. The van der Waals surface area contributed by atoms with Crippen LogP contribution < -0.4 is 0 Å². The second-order valence-electron chi connectivity index (χ2n) is 5.99. The minimum Gasteiger partial charge on any atom is -0.290 e. The van der Waals surface area contributed by atoms with Crippen molar-refractivity contribution in [2.45, 2.75) is 26.4 Å². The van der Waals surface area contributed by atoms with Gasteiger partial charge >= 0.3 is 0 Å². The molecule has 2 aromatic rings. The van der Waals surface area contributed by atoms with Crippen LogP contribution in [0.2, 0.25) is 0 Å². The van der Waals surface area contributed by atoms with E-state index >= 15 is 0 Å². The molecule has 22 heavy (non-hydrogen) atoms. The molecule has 1 fully saturated rings. The highest BCUT2D eigenvalue weighted by molar-refractivity contribution is 7.91. The number of nitrogens with zero attached hydrogens (tertiary/aromatic N) is 3. The molecule has 3 heterocycles. The molecule has 0 radical (unpaired) electrons. The summed E-state index contributed by atoms with van der Waals surface area (Å²) in [6, 6.07) is 2.11. The van der Waals surface area contributed by atoms with Gasteiger partial charge in [0.2, 0.25) is 0 Å². The van der Waals surface area contributed by atoms with Crippen molar-refractivity contribution in [2.24, 2.45) is 7.05 Å². The van der Waals surface area contributed by atoms with Crippen LogP contribution in [0.25, 0.3) is 0 Å². The van der Waals surface area contributed by atoms with Crippen molar-refractivity contribution in [3.63, 3.8) is 0 Å². The molecule has 0 spiro atoms. The normalized spacial score (nSPS) is 22.0. The molecule has 1 atom stereocenters. The molecule has 1 aliphatic rings. The van der Waals surface area contributed by atoms with E-state index in [0.717, 1.165) is 12.1 Å². The fraction of sp³-hybridized carbons (Fsp3) is 0.533. The van der Waals surface area contributed by atoms with Gasteiger partial charge in [0, 0.05) is 41.7 Å². The third-order valence-electron chi connectivity index (χ3n) is 4.17. The summed E-state index contributed by atoms with van der Waals surface area (Å²) in [7, 11) is -1.12. The van der Waals surface area contributed by atoms with E-state index in [0.29, 0.717) is 6.54 Å². The monoisotopic (exact) mass is 339 g/mol. The van der Waals surface area contributed by atoms with E-state index in [2.05, 4.69) is 29.9 Å². The van der Waals surface area contributed by atoms with Gasteiger partial charge in [-0.15, -0.1) is 11.3 Å². The van der Waals surface area contributed by atoms with Gasteiger partial charge in [-0.2, -0.15) is 5.10 Å². The Morgan fingerprint density at radius 1 is 1.41 bits per heavy atom. The number of aromatic nitrogens is 2. The van der Waals surface area contributed by atoms with Gasteiger partial charge in [-0.05, 0) is 25.5 Å². The molecule has 1 unspecified atom stereocenters. The minimum absolute atomic E-state index is 0.105. The zero-order valence-electron chi connectivity index (χ0n) is 13.1. The molecular formula is C15H21N3O2S2. The number of hydrogen-bond acceptors (Lipinski definition) is 5. The summed E-state index contributed by atoms with van der Waals surface area (Å²) in [5.41, 5.74) is 2.28. The first-order chi connectivity index (χ1) is 10.3. The van der Waals surface area contributed by atoms with Crippen LogP contribution in [0.4, 0.5) is 0 Å². The molecule has 0 amide bonds. The Morgan fingerprint density at radius 2 is 2.18 bits per heavy atom. The van der Waals surface area contributed by atoms with Gasteiger partial charge < -0.3 is 0 Å². The maximum absolute atomic E-state index is 12.1. The lowest BCUT2D eigenvalue weighted by atomic mass is 10.1. The van der Waals surface area contributed by atoms with Gasteiger partial charge in [0.25, 0.3) is 0 Å². The SMILES string of the molecule is Cc1cc(CN2CCS(=O)(=O)CC2c2cnn(C)c2)c(C)s1. The first kappa shape index (κ1) is 15.7. The molecule has 0 aliphatic carbocycles. The van der Waals surface area contributed by atoms with Crippen LogP contribution in [0.5, 0.6) is 0 Å². The van der Waals surface area contributed by atoms with E-state index in [4.69, 9.17) is 0 Å². The number of sulfone groups is 1. The van der Waals surface area contributed by atoms with Crippen LogP contribution in [0.15, 0.2) is 18.5 Å². The molecule has 3 rings (SSSR count). The summed E-state index contributed by atoms with van der Waals surface area (Å²) in [4.78, 5) is 4.89. The Kier molecular flexibility index (Phi) is 4.13. The smallest absolute Gasteiger partial charge is 0.153 e. The Hall–Kier alpha value is -1.18. The highest BCUT2D eigenvalue weighted by Crippen LogP contribution is 2.30. The molecule has 1 aliphatic heterocycles. The molecule has 120 valence electrons. The highest BCUT2D eigenvalue weighted by Gasteiger charge is 2.33. The van der Waals surface area contributed by atoms with E-state index < -0.39 is 9.84 Å². The second-order valence-corrected chi connectivity index (χ2v) is 9.68. The molecule has 0 saturated carbocycles. The number of aryl methyl sites for hydroxylation is 3. The Morgan fingerprint density at radius 3 is 2.77 bits per heavy atom. The fourth-order valence-corrected chi connectivity index (χ4v) is 5.51. The number of thiophene rings is 1. The van der Waals surface area contributed by atoms with Gasteiger partial charge in [0.15, 0.2) is 9.84 Å². The van der Waals surface area contributed by atoms with Crippen molar-refractivity contribution < 1.29 is 8.42 Å². The topological polar surface area (TPSA) is 55.2 Å². The van der Waals surface area contributed by atoms with Gasteiger partial charge in [-0.1, -0.05) is 0 Å². The first-order valence-electron chi connectivity index (χ1n) is 7.33. The van der Waals surface area contributed by atoms with Gasteiger partial charge in [-0.3, -0.25) is 9.58 Å². The number of hydrogen-bond donors (Lipinski definition) is 0. The number of rotatable bonds is 3. The average molecular weight is 339 g/mol. The molecule has 2 aromatic heterocycles. The van der Waals surface area contributed by atoms with Crippen molar-refractivity contribution in [3.05, 3.63) is 39.3 Å². The zero-order valence-corrected chi connectivity index (χ0v) is 14.7. The van der Waals surface area contributed by atoms with Crippen LogP contribution in [-0.2, 0) is 23.4 Å². The molecule has 7 heteroatoms. The summed E-state index contributed by atoms with van der Waals surface area (Å²) in [6.07, 6.45) is 3.70. The summed E-state index contributed by atoms with van der Waals surface area (Å²) in [5, 5.41) is 4.20. The van der Waals surface area contributed by atoms with E-state index in [1.54, 1.807) is 22.2 Å². The highest BCUT2D eigenvalue weighted by atomic mass is 32.2. The lowest BCUT2D eigenvalue weighted by Gasteiger charge is -2.35. The predicted octanol–water partition coefficient (Wildman–Crippen LogP) is 2.07. The van der Waals surface area contributed by atoms with E-state index in [-0.39, 0.29) is 17.5 Å². The Labute approximate surface area is 135 Å². The van der Waals surface area contributed by atoms with E-state index in [9.17, 15) is 8.42 Å². The lowest BCUT2D eigenvalue weighted by Crippen LogP contribution is -2.42. The summed E-state index contributed by atoms with van der Waals surface area (Å²) in [5.74, 6) is 0.423. The van der Waals surface area contributed by atoms with E-state index in [1.807, 2.05) is 13.2 Å². The van der Waals surface area contributed by atoms with Crippen molar-refractivity contribution >= 4 is 21.2 Å². The van der Waals surface area contributed by atoms with Crippen molar-refractivity contribution in [1.29, 1.82) is 0 Å². The second kappa shape index (κ2) is 5.79. The Bertz CT molecular complexity index is 777. The molecule has 0 N–H and O–H groups in total. The molecule has 0 bridgehead atoms. The van der Waals surface area contributed by atoms with Crippen LogP contribution in [-0.4, -0.2) is 41.1 Å². The van der Waals surface area contributed by atoms with Crippen molar-refractivity contribution in [2.75, 3.05) is 18.1 Å². The maximum atomic E-state index is 12.1. The zero-order chi connectivity index (χ0) is 15.9. The third-order valence-corrected chi connectivity index (χ3v) is 6.81. The van der Waals surface area contributed by atoms with Crippen molar-refractivity contribution in [3.8, 4) is 0 Å². The van der Waals surface area contributed by atoms with Crippen molar-refractivity contribution in [1.82, 2.24) is 14.7 Å². The summed E-state index contributed by atoms with van der Waals surface area (Å²) >= 11 is 1.80. The molecule has 1 saturated heterocycles. The molecular weight excluding hydrogens is 318 g/mol. The van der Waals surface area contributed by atoms with E-state index in [1.165, 1.54) is 15.3 Å². The standard InChI is InChI=1S/C15H21N3O2S2/c1-11-6-13(12(2)21-11)9-18-4-5-22(19,20)10-15(18)14-7-16-17(3)8-14/h6-8,15H,4-5,9-10H2,1-3H3. The summed E-state index contributed by atoms with van der Waals surface area (Å²) < 4.78 is 25.8. The largest absolute Gasteiger partial charge is 0.290 e.